The van der Waals surface area contributed by atoms with Crippen LogP contribution in [0.1, 0.15) is 17.6 Å². The Morgan fingerprint density at radius 2 is 2.08 bits per heavy atom. The highest BCUT2D eigenvalue weighted by molar-refractivity contribution is 5.52. The highest BCUT2D eigenvalue weighted by atomic mass is 19.1. The molecule has 3 rings (SSSR count). The van der Waals surface area contributed by atoms with Crippen molar-refractivity contribution in [3.8, 4) is 11.5 Å². The Balaban J connectivity index is 1.75. The molecule has 25 heavy (non-hydrogen) atoms. The number of likely N-dealkylation sites (N-methyl/N-ethyl adjacent to an activating group) is 1. The summed E-state index contributed by atoms with van der Waals surface area (Å²) < 4.78 is 24.3. The van der Waals surface area contributed by atoms with Gasteiger partial charge in [-0.25, -0.2) is 4.39 Å². The maximum Gasteiger partial charge on any atom is 0.247 e. The maximum absolute atomic E-state index is 13.3. The molecule has 0 unspecified atom stereocenters. The van der Waals surface area contributed by atoms with E-state index in [4.69, 9.17) is 9.15 Å². The van der Waals surface area contributed by atoms with E-state index in [-0.39, 0.29) is 11.9 Å². The Kier molecular flexibility index (Phi) is 5.47. The van der Waals surface area contributed by atoms with E-state index >= 15 is 0 Å². The number of benzene rings is 1. The fraction of sp³-hybridized carbons (Fsp3) is 0.278. The molecule has 6 nitrogen and oxygen atoms in total. The third kappa shape index (κ3) is 4.26. The zero-order chi connectivity index (χ0) is 17.6. The van der Waals surface area contributed by atoms with Gasteiger partial charge in [-0.2, -0.15) is 0 Å². The first-order valence-corrected chi connectivity index (χ1v) is 7.86. The predicted octanol–water partition coefficient (Wildman–Crippen LogP) is 3.09. The highest BCUT2D eigenvalue weighted by Crippen LogP contribution is 2.22. The topological polar surface area (TPSA) is 64.3 Å². The van der Waals surface area contributed by atoms with Crippen LogP contribution in [-0.4, -0.2) is 40.8 Å². The second-order valence-corrected chi connectivity index (χ2v) is 5.65. The van der Waals surface area contributed by atoms with Crippen molar-refractivity contribution in [1.29, 1.82) is 0 Å². The Hall–Kier alpha value is -2.64. The minimum atomic E-state index is -0.343. The summed E-state index contributed by atoms with van der Waals surface area (Å²) in [5.74, 6) is 0.396. The fourth-order valence-corrected chi connectivity index (χ4v) is 2.55. The molecule has 3 aromatic rings. The van der Waals surface area contributed by atoms with Crippen LogP contribution in [0.25, 0.3) is 11.5 Å². The van der Waals surface area contributed by atoms with Gasteiger partial charge in [-0.15, -0.1) is 10.2 Å². The van der Waals surface area contributed by atoms with Gasteiger partial charge in [-0.3, -0.25) is 9.88 Å². The molecule has 0 bridgehead atoms. The van der Waals surface area contributed by atoms with Crippen LogP contribution < -0.4 is 0 Å². The maximum atomic E-state index is 13.3. The first-order chi connectivity index (χ1) is 12.2. The standard InChI is InChI=1S/C18H19FN4O2/c1-23(16(12-24-2)15-8-3-4-9-20-15)11-17-21-22-18(25-17)13-6-5-7-14(19)10-13/h3-10,16H,11-12H2,1-2H3/t16-/m0/s1. The molecule has 0 N–H and O–H groups in total. The number of halogens is 1. The fourth-order valence-electron chi connectivity index (χ4n) is 2.55. The van der Waals surface area contributed by atoms with Crippen molar-refractivity contribution in [2.75, 3.05) is 20.8 Å². The van der Waals surface area contributed by atoms with Gasteiger partial charge in [-0.1, -0.05) is 12.1 Å². The third-order valence-corrected chi connectivity index (χ3v) is 3.81. The van der Waals surface area contributed by atoms with Gasteiger partial charge >= 0.3 is 0 Å². The Morgan fingerprint density at radius 1 is 1.20 bits per heavy atom. The second-order valence-electron chi connectivity index (χ2n) is 5.65. The molecule has 2 heterocycles. The van der Waals surface area contributed by atoms with Gasteiger partial charge in [0.2, 0.25) is 11.8 Å². The van der Waals surface area contributed by atoms with Crippen LogP contribution in [0.15, 0.2) is 53.1 Å². The lowest BCUT2D eigenvalue weighted by Gasteiger charge is -2.25. The number of hydrogen-bond acceptors (Lipinski definition) is 6. The van der Waals surface area contributed by atoms with E-state index < -0.39 is 0 Å². The molecule has 1 aromatic carbocycles. The number of hydrogen-bond donors (Lipinski definition) is 0. The van der Waals surface area contributed by atoms with E-state index in [1.807, 2.05) is 30.1 Å². The third-order valence-electron chi connectivity index (χ3n) is 3.81. The predicted molar refractivity (Wildman–Crippen MR) is 90.0 cm³/mol. The van der Waals surface area contributed by atoms with Gasteiger partial charge < -0.3 is 9.15 Å². The number of aromatic nitrogens is 3. The van der Waals surface area contributed by atoms with E-state index in [9.17, 15) is 4.39 Å². The van der Waals surface area contributed by atoms with E-state index in [0.29, 0.717) is 30.5 Å². The highest BCUT2D eigenvalue weighted by Gasteiger charge is 2.20. The van der Waals surface area contributed by atoms with Gasteiger partial charge in [0.1, 0.15) is 5.82 Å². The molecule has 0 saturated heterocycles. The number of methoxy groups -OCH3 is 1. The molecule has 130 valence electrons. The van der Waals surface area contributed by atoms with Crippen molar-refractivity contribution in [3.05, 3.63) is 66.1 Å². The van der Waals surface area contributed by atoms with Crippen molar-refractivity contribution in [3.63, 3.8) is 0 Å². The number of nitrogens with zero attached hydrogens (tertiary/aromatic N) is 4. The molecular formula is C18H19FN4O2. The second kappa shape index (κ2) is 7.96. The molecule has 0 aliphatic heterocycles. The first kappa shape index (κ1) is 17.2. The van der Waals surface area contributed by atoms with E-state index in [1.54, 1.807) is 25.4 Å². The van der Waals surface area contributed by atoms with Gasteiger partial charge in [0.05, 0.1) is 24.9 Å². The smallest absolute Gasteiger partial charge is 0.247 e. The molecule has 0 aliphatic rings. The minimum absolute atomic E-state index is 0.0456. The summed E-state index contributed by atoms with van der Waals surface area (Å²) in [7, 11) is 3.59. The summed E-state index contributed by atoms with van der Waals surface area (Å²) in [6.45, 7) is 0.908. The lowest BCUT2D eigenvalue weighted by Crippen LogP contribution is -2.28. The van der Waals surface area contributed by atoms with Crippen LogP contribution in [0.3, 0.4) is 0 Å². The van der Waals surface area contributed by atoms with Crippen LogP contribution in [0.4, 0.5) is 4.39 Å². The zero-order valence-electron chi connectivity index (χ0n) is 14.1. The van der Waals surface area contributed by atoms with Crippen LogP contribution >= 0.6 is 0 Å². The SMILES string of the molecule is COC[C@@H](c1ccccn1)N(C)Cc1nnc(-c2cccc(F)c2)o1. The summed E-state index contributed by atoms with van der Waals surface area (Å²) in [5.41, 5.74) is 1.45. The normalized spacial score (nSPS) is 12.5. The molecule has 2 aromatic heterocycles. The average Bonchev–Trinajstić information content (AvgIpc) is 3.09. The lowest BCUT2D eigenvalue weighted by molar-refractivity contribution is 0.0949. The van der Waals surface area contributed by atoms with Gasteiger partial charge in [-0.05, 0) is 37.4 Å². The minimum Gasteiger partial charge on any atom is -0.419 e. The number of ether oxygens (including phenoxy) is 1. The Bertz CT molecular complexity index is 810. The summed E-state index contributed by atoms with van der Waals surface area (Å²) >= 11 is 0. The molecule has 0 radical (unpaired) electrons. The van der Waals surface area contributed by atoms with Crippen LogP contribution in [0, 0.1) is 5.82 Å². The summed E-state index contributed by atoms with van der Waals surface area (Å²) in [4.78, 5) is 6.42. The van der Waals surface area contributed by atoms with Crippen molar-refractivity contribution in [2.45, 2.75) is 12.6 Å². The zero-order valence-corrected chi connectivity index (χ0v) is 14.1. The Labute approximate surface area is 145 Å². The van der Waals surface area contributed by atoms with Crippen molar-refractivity contribution in [1.82, 2.24) is 20.1 Å². The van der Waals surface area contributed by atoms with Crippen molar-refractivity contribution < 1.29 is 13.5 Å². The molecule has 0 fully saturated rings. The molecular weight excluding hydrogens is 323 g/mol. The summed E-state index contributed by atoms with van der Waals surface area (Å²) in [6, 6.07) is 11.8. The molecule has 0 spiro atoms. The van der Waals surface area contributed by atoms with Gasteiger partial charge in [0.15, 0.2) is 0 Å². The van der Waals surface area contributed by atoms with Crippen LogP contribution in [-0.2, 0) is 11.3 Å². The van der Waals surface area contributed by atoms with Crippen LogP contribution in [0.2, 0.25) is 0 Å². The van der Waals surface area contributed by atoms with Crippen LogP contribution in [0.5, 0.6) is 0 Å². The molecule has 0 amide bonds. The lowest BCUT2D eigenvalue weighted by atomic mass is 10.1. The molecule has 1 atom stereocenters. The summed E-state index contributed by atoms with van der Waals surface area (Å²) in [6.07, 6.45) is 1.75. The average molecular weight is 342 g/mol. The largest absolute Gasteiger partial charge is 0.419 e. The van der Waals surface area contributed by atoms with Gasteiger partial charge in [0, 0.05) is 18.9 Å². The monoisotopic (exact) mass is 342 g/mol. The Morgan fingerprint density at radius 3 is 2.80 bits per heavy atom. The number of pyridine rings is 1. The quantitative estimate of drug-likeness (QED) is 0.657. The molecule has 7 heteroatoms. The van der Waals surface area contributed by atoms with E-state index in [1.165, 1.54) is 12.1 Å². The molecule has 0 aliphatic carbocycles. The van der Waals surface area contributed by atoms with Crippen molar-refractivity contribution >= 4 is 0 Å². The van der Waals surface area contributed by atoms with E-state index in [2.05, 4.69) is 15.2 Å². The number of rotatable bonds is 7. The van der Waals surface area contributed by atoms with Crippen molar-refractivity contribution in [2.24, 2.45) is 0 Å². The first-order valence-electron chi connectivity index (χ1n) is 7.86. The molecule has 0 saturated carbocycles. The van der Waals surface area contributed by atoms with Gasteiger partial charge in [0.25, 0.3) is 0 Å². The summed E-state index contributed by atoms with van der Waals surface area (Å²) in [5, 5.41) is 8.06. The van der Waals surface area contributed by atoms with E-state index in [0.717, 1.165) is 5.69 Å².